The van der Waals surface area contributed by atoms with Gasteiger partial charge in [-0.3, -0.25) is 10.1 Å². The van der Waals surface area contributed by atoms with Crippen LogP contribution in [0.4, 0.5) is 4.79 Å². The van der Waals surface area contributed by atoms with Gasteiger partial charge < -0.3 is 10.4 Å². The van der Waals surface area contributed by atoms with E-state index in [4.69, 9.17) is 5.11 Å². The van der Waals surface area contributed by atoms with E-state index in [0.29, 0.717) is 18.5 Å². The predicted molar refractivity (Wildman–Crippen MR) is 84.4 cm³/mol. The molecule has 0 aromatic heterocycles. The lowest BCUT2D eigenvalue weighted by Crippen LogP contribution is -2.40. The van der Waals surface area contributed by atoms with E-state index in [2.05, 4.69) is 10.6 Å². The molecule has 0 aliphatic heterocycles. The Morgan fingerprint density at radius 2 is 1.52 bits per heavy atom. The Morgan fingerprint density at radius 3 is 2.13 bits per heavy atom. The highest BCUT2D eigenvalue weighted by atomic mass is 16.4. The van der Waals surface area contributed by atoms with E-state index in [1.54, 1.807) is 42.5 Å². The summed E-state index contributed by atoms with van der Waals surface area (Å²) < 4.78 is 0. The molecule has 3 amide bonds. The molecule has 0 aliphatic rings. The van der Waals surface area contributed by atoms with Crippen LogP contribution in [0.5, 0.6) is 0 Å². The first-order valence-corrected chi connectivity index (χ1v) is 7.03. The Kier molecular flexibility index (Phi) is 5.46. The Hall–Kier alpha value is -3.15. The van der Waals surface area contributed by atoms with Gasteiger partial charge in [-0.2, -0.15) is 0 Å². The molecule has 118 valence electrons. The zero-order chi connectivity index (χ0) is 16.7. The second kappa shape index (κ2) is 7.74. The lowest BCUT2D eigenvalue weighted by atomic mass is 10.1. The van der Waals surface area contributed by atoms with Crippen LogP contribution in [0.15, 0.2) is 54.6 Å². The third-order valence-electron chi connectivity index (χ3n) is 3.16. The largest absolute Gasteiger partial charge is 0.478 e. The second-order valence-electron chi connectivity index (χ2n) is 4.83. The van der Waals surface area contributed by atoms with Crippen molar-refractivity contribution < 1.29 is 19.5 Å². The van der Waals surface area contributed by atoms with E-state index in [1.165, 1.54) is 12.1 Å². The van der Waals surface area contributed by atoms with Crippen molar-refractivity contribution in [3.05, 3.63) is 71.3 Å². The SMILES string of the molecule is O=C(NCCc1ccc(C(=O)O)cc1)NC(=O)c1ccccc1. The Morgan fingerprint density at radius 1 is 0.870 bits per heavy atom. The summed E-state index contributed by atoms with van der Waals surface area (Å²) in [6.07, 6.45) is 0.535. The van der Waals surface area contributed by atoms with Gasteiger partial charge in [-0.05, 0) is 36.2 Å². The number of carbonyl (C=O) groups is 3. The summed E-state index contributed by atoms with van der Waals surface area (Å²) in [4.78, 5) is 34.1. The van der Waals surface area contributed by atoms with Gasteiger partial charge in [-0.1, -0.05) is 30.3 Å². The molecule has 0 bridgehead atoms. The summed E-state index contributed by atoms with van der Waals surface area (Å²) in [5.74, 6) is -1.44. The summed E-state index contributed by atoms with van der Waals surface area (Å²) in [5.41, 5.74) is 1.52. The third kappa shape index (κ3) is 4.96. The number of urea groups is 1. The molecule has 2 rings (SSSR count). The number of nitrogens with one attached hydrogen (secondary N) is 2. The first kappa shape index (κ1) is 16.2. The van der Waals surface area contributed by atoms with Crippen molar-refractivity contribution in [1.29, 1.82) is 0 Å². The molecule has 0 saturated heterocycles. The number of carbonyl (C=O) groups excluding carboxylic acids is 2. The van der Waals surface area contributed by atoms with Gasteiger partial charge in [0.05, 0.1) is 5.56 Å². The van der Waals surface area contributed by atoms with Crippen LogP contribution in [0.2, 0.25) is 0 Å². The van der Waals surface area contributed by atoms with Crippen LogP contribution in [-0.2, 0) is 6.42 Å². The molecule has 0 heterocycles. The molecular formula is C17H16N2O4. The average molecular weight is 312 g/mol. The molecule has 0 saturated carbocycles. The summed E-state index contributed by atoms with van der Waals surface area (Å²) in [6.45, 7) is 0.334. The Balaban J connectivity index is 1.76. The van der Waals surface area contributed by atoms with Gasteiger partial charge in [0, 0.05) is 12.1 Å². The number of hydrogen-bond donors (Lipinski definition) is 3. The van der Waals surface area contributed by atoms with Crippen LogP contribution in [0.25, 0.3) is 0 Å². The standard InChI is InChI=1S/C17H16N2O4/c20-15(13-4-2-1-3-5-13)19-17(23)18-11-10-12-6-8-14(9-7-12)16(21)22/h1-9H,10-11H2,(H,21,22)(H2,18,19,20,23). The van der Waals surface area contributed by atoms with E-state index < -0.39 is 17.9 Å². The average Bonchev–Trinajstić information content (AvgIpc) is 2.56. The van der Waals surface area contributed by atoms with Crippen LogP contribution in [0.1, 0.15) is 26.3 Å². The lowest BCUT2D eigenvalue weighted by molar-refractivity contribution is 0.0696. The first-order valence-electron chi connectivity index (χ1n) is 7.03. The number of hydrogen-bond acceptors (Lipinski definition) is 3. The monoisotopic (exact) mass is 312 g/mol. The van der Waals surface area contributed by atoms with Crippen LogP contribution in [0, 0.1) is 0 Å². The molecule has 6 heteroatoms. The minimum atomic E-state index is -0.978. The maximum absolute atomic E-state index is 11.8. The molecule has 0 aliphatic carbocycles. The van der Waals surface area contributed by atoms with Crippen molar-refractivity contribution in [2.45, 2.75) is 6.42 Å². The minimum absolute atomic E-state index is 0.216. The van der Waals surface area contributed by atoms with Crippen LogP contribution < -0.4 is 10.6 Å². The van der Waals surface area contributed by atoms with Crippen molar-refractivity contribution in [3.8, 4) is 0 Å². The van der Waals surface area contributed by atoms with E-state index >= 15 is 0 Å². The molecule has 0 unspecified atom stereocenters. The van der Waals surface area contributed by atoms with Gasteiger partial charge in [-0.25, -0.2) is 9.59 Å². The number of amides is 3. The normalized spacial score (nSPS) is 9.91. The molecule has 0 fully saturated rings. The topological polar surface area (TPSA) is 95.5 Å². The molecule has 2 aromatic carbocycles. The smallest absolute Gasteiger partial charge is 0.335 e. The van der Waals surface area contributed by atoms with Gasteiger partial charge in [0.15, 0.2) is 0 Å². The highest BCUT2D eigenvalue weighted by Gasteiger charge is 2.09. The quantitative estimate of drug-likeness (QED) is 0.787. The second-order valence-corrected chi connectivity index (χ2v) is 4.83. The maximum atomic E-state index is 11.8. The minimum Gasteiger partial charge on any atom is -0.478 e. The highest BCUT2D eigenvalue weighted by molar-refractivity contribution is 6.04. The summed E-state index contributed by atoms with van der Waals surface area (Å²) in [6, 6.07) is 14.3. The fourth-order valence-electron chi connectivity index (χ4n) is 1.94. The molecule has 6 nitrogen and oxygen atoms in total. The van der Waals surface area contributed by atoms with Gasteiger partial charge in [0.2, 0.25) is 0 Å². The predicted octanol–water partition coefficient (Wildman–Crippen LogP) is 2.07. The molecule has 23 heavy (non-hydrogen) atoms. The molecule has 0 atom stereocenters. The maximum Gasteiger partial charge on any atom is 0.335 e. The Bertz CT molecular complexity index is 696. The summed E-state index contributed by atoms with van der Waals surface area (Å²) in [7, 11) is 0. The van der Waals surface area contributed by atoms with Crippen LogP contribution >= 0.6 is 0 Å². The number of rotatable bonds is 5. The lowest BCUT2D eigenvalue weighted by Gasteiger charge is -2.07. The number of carboxylic acid groups (broad SMARTS) is 1. The van der Waals surface area contributed by atoms with Crippen LogP contribution in [0.3, 0.4) is 0 Å². The van der Waals surface area contributed by atoms with Gasteiger partial charge >= 0.3 is 12.0 Å². The number of aromatic carboxylic acids is 1. The zero-order valence-corrected chi connectivity index (χ0v) is 12.3. The number of imide groups is 1. The fraction of sp³-hybridized carbons (Fsp3) is 0.118. The van der Waals surface area contributed by atoms with Gasteiger partial charge in [-0.15, -0.1) is 0 Å². The van der Waals surface area contributed by atoms with Crippen molar-refractivity contribution in [2.24, 2.45) is 0 Å². The number of benzene rings is 2. The van der Waals surface area contributed by atoms with Gasteiger partial charge in [0.25, 0.3) is 5.91 Å². The molecule has 0 radical (unpaired) electrons. The van der Waals surface area contributed by atoms with E-state index in [-0.39, 0.29) is 5.56 Å². The van der Waals surface area contributed by atoms with Crippen molar-refractivity contribution >= 4 is 17.9 Å². The van der Waals surface area contributed by atoms with E-state index in [1.807, 2.05) is 0 Å². The zero-order valence-electron chi connectivity index (χ0n) is 12.3. The highest BCUT2D eigenvalue weighted by Crippen LogP contribution is 2.04. The molecule has 3 N–H and O–H groups in total. The van der Waals surface area contributed by atoms with Crippen molar-refractivity contribution in [2.75, 3.05) is 6.54 Å². The molecule has 0 spiro atoms. The van der Waals surface area contributed by atoms with Gasteiger partial charge in [0.1, 0.15) is 0 Å². The van der Waals surface area contributed by atoms with E-state index in [0.717, 1.165) is 5.56 Å². The summed E-state index contributed by atoms with van der Waals surface area (Å²) >= 11 is 0. The van der Waals surface area contributed by atoms with E-state index in [9.17, 15) is 14.4 Å². The van der Waals surface area contributed by atoms with Crippen LogP contribution in [-0.4, -0.2) is 29.6 Å². The molecule has 2 aromatic rings. The third-order valence-corrected chi connectivity index (χ3v) is 3.16. The first-order chi connectivity index (χ1) is 11.1. The van der Waals surface area contributed by atoms with Crippen molar-refractivity contribution in [1.82, 2.24) is 10.6 Å². The Labute approximate surface area is 133 Å². The van der Waals surface area contributed by atoms with Crippen molar-refractivity contribution in [3.63, 3.8) is 0 Å². The summed E-state index contributed by atoms with van der Waals surface area (Å²) in [5, 5.41) is 13.6. The molecular weight excluding hydrogens is 296 g/mol. The fourth-order valence-corrected chi connectivity index (χ4v) is 1.94. The number of carboxylic acids is 1.